The number of nitrogens with one attached hydrogen (secondary N) is 2. The molecule has 1 aromatic heterocycles. The molecule has 0 atom stereocenters. The minimum atomic E-state index is -3.70. The molecule has 0 bridgehead atoms. The second-order valence-corrected chi connectivity index (χ2v) is 5.56. The predicted octanol–water partition coefficient (Wildman–Crippen LogP) is 1.44. The lowest BCUT2D eigenvalue weighted by atomic mass is 10.1. The molecule has 6 nitrogen and oxygen atoms in total. The molecule has 0 aliphatic heterocycles. The molecular weight excluding hydrogens is 268 g/mol. The number of benzene rings is 1. The van der Waals surface area contributed by atoms with Gasteiger partial charge < -0.3 is 10.1 Å². The normalized spacial score (nSPS) is 11.2. The van der Waals surface area contributed by atoms with E-state index in [4.69, 9.17) is 5.11 Å². The number of carbonyl (C=O) groups is 1. The zero-order valence-corrected chi connectivity index (χ0v) is 10.6. The van der Waals surface area contributed by atoms with Crippen molar-refractivity contribution < 1.29 is 18.3 Å². The van der Waals surface area contributed by atoms with Gasteiger partial charge in [0.05, 0.1) is 12.1 Å². The van der Waals surface area contributed by atoms with Gasteiger partial charge in [0.25, 0.3) is 10.0 Å². The van der Waals surface area contributed by atoms with E-state index < -0.39 is 16.0 Å². The third kappa shape index (κ3) is 3.14. The van der Waals surface area contributed by atoms with Gasteiger partial charge in [0.15, 0.2) is 0 Å². The van der Waals surface area contributed by atoms with Crippen LogP contribution in [0.3, 0.4) is 0 Å². The van der Waals surface area contributed by atoms with Gasteiger partial charge in [0.2, 0.25) is 0 Å². The van der Waals surface area contributed by atoms with Crippen LogP contribution < -0.4 is 4.72 Å². The molecule has 0 unspecified atom stereocenters. The first-order valence-corrected chi connectivity index (χ1v) is 6.92. The Balaban J connectivity index is 2.31. The van der Waals surface area contributed by atoms with E-state index in [1.807, 2.05) is 0 Å². The molecule has 1 aromatic carbocycles. The Labute approximate surface area is 110 Å². The number of H-pyrrole nitrogens is 1. The lowest BCUT2D eigenvalue weighted by molar-refractivity contribution is -0.136. The number of carboxylic acids is 1. The Bertz CT molecular complexity index is 678. The van der Waals surface area contributed by atoms with E-state index in [9.17, 15) is 13.2 Å². The van der Waals surface area contributed by atoms with E-state index in [1.54, 1.807) is 18.2 Å². The highest BCUT2D eigenvalue weighted by Gasteiger charge is 2.16. The molecule has 0 amide bonds. The van der Waals surface area contributed by atoms with Crippen LogP contribution in [0.2, 0.25) is 0 Å². The summed E-state index contributed by atoms with van der Waals surface area (Å²) >= 11 is 0. The third-order valence-electron chi connectivity index (χ3n) is 2.48. The van der Waals surface area contributed by atoms with Crippen LogP contribution in [0, 0.1) is 0 Å². The number of aromatic amines is 1. The van der Waals surface area contributed by atoms with Crippen LogP contribution in [0.5, 0.6) is 0 Å². The van der Waals surface area contributed by atoms with E-state index in [0.717, 1.165) is 0 Å². The Morgan fingerprint density at radius 2 is 2.00 bits per heavy atom. The first kappa shape index (κ1) is 13.2. The molecular formula is C12H12N2O4S. The molecule has 0 aliphatic rings. The van der Waals surface area contributed by atoms with Crippen molar-refractivity contribution in [2.24, 2.45) is 0 Å². The summed E-state index contributed by atoms with van der Waals surface area (Å²) in [5.41, 5.74) is 0.681. The summed E-state index contributed by atoms with van der Waals surface area (Å²) in [4.78, 5) is 13.5. The van der Waals surface area contributed by atoms with Crippen molar-refractivity contribution in [3.63, 3.8) is 0 Å². The molecule has 0 fully saturated rings. The van der Waals surface area contributed by atoms with Gasteiger partial charge in [0, 0.05) is 12.4 Å². The summed E-state index contributed by atoms with van der Waals surface area (Å²) in [6.45, 7) is 0. The average Bonchev–Trinajstić information content (AvgIpc) is 2.85. The molecule has 0 radical (unpaired) electrons. The quantitative estimate of drug-likeness (QED) is 0.771. The highest BCUT2D eigenvalue weighted by atomic mass is 32.2. The summed E-state index contributed by atoms with van der Waals surface area (Å²) in [5.74, 6) is -1.02. The Morgan fingerprint density at radius 3 is 2.63 bits per heavy atom. The van der Waals surface area contributed by atoms with E-state index in [1.165, 1.54) is 24.5 Å². The van der Waals surface area contributed by atoms with Gasteiger partial charge in [-0.05, 0) is 17.7 Å². The van der Waals surface area contributed by atoms with Crippen LogP contribution in [-0.4, -0.2) is 24.5 Å². The van der Waals surface area contributed by atoms with Gasteiger partial charge in [-0.2, -0.15) is 0 Å². The number of para-hydroxylation sites is 1. The third-order valence-corrected chi connectivity index (χ3v) is 3.85. The molecule has 0 saturated heterocycles. The first-order chi connectivity index (χ1) is 8.99. The minimum absolute atomic E-state index is 0.0950. The molecule has 2 aromatic rings. The van der Waals surface area contributed by atoms with Gasteiger partial charge in [-0.25, -0.2) is 8.42 Å². The number of aliphatic carboxylic acids is 1. The number of sulfonamides is 1. The molecule has 0 aliphatic carbocycles. The number of hydrogen-bond acceptors (Lipinski definition) is 3. The van der Waals surface area contributed by atoms with Gasteiger partial charge in [-0.3, -0.25) is 9.52 Å². The summed E-state index contributed by atoms with van der Waals surface area (Å²) in [6.07, 6.45) is 2.60. The van der Waals surface area contributed by atoms with Crippen LogP contribution in [-0.2, 0) is 21.2 Å². The zero-order valence-electron chi connectivity index (χ0n) is 9.83. The standard InChI is InChI=1S/C12H12N2O4S/c15-12(16)7-9-3-1-2-4-11(9)14-19(17,18)10-5-6-13-8-10/h1-6,8,13-14H,7H2,(H,15,16). The van der Waals surface area contributed by atoms with Crippen molar-refractivity contribution in [1.82, 2.24) is 4.98 Å². The van der Waals surface area contributed by atoms with Crippen LogP contribution in [0.25, 0.3) is 0 Å². The highest BCUT2D eigenvalue weighted by Crippen LogP contribution is 2.20. The maximum atomic E-state index is 12.0. The molecule has 0 saturated carbocycles. The topological polar surface area (TPSA) is 99.3 Å². The molecule has 19 heavy (non-hydrogen) atoms. The molecule has 7 heteroatoms. The van der Waals surface area contributed by atoms with Crippen molar-refractivity contribution in [1.29, 1.82) is 0 Å². The predicted molar refractivity (Wildman–Crippen MR) is 69.4 cm³/mol. The summed E-state index contributed by atoms with van der Waals surface area (Å²) in [7, 11) is -3.70. The second-order valence-electron chi connectivity index (χ2n) is 3.88. The SMILES string of the molecule is O=C(O)Cc1ccccc1NS(=O)(=O)c1cc[nH]c1. The van der Waals surface area contributed by atoms with Crippen molar-refractivity contribution in [3.05, 3.63) is 48.3 Å². The number of aromatic nitrogens is 1. The number of rotatable bonds is 5. The molecule has 2 rings (SSSR count). The average molecular weight is 280 g/mol. The van der Waals surface area contributed by atoms with Gasteiger partial charge in [-0.15, -0.1) is 0 Å². The Kier molecular flexibility index (Phi) is 3.57. The summed E-state index contributed by atoms with van der Waals surface area (Å²) in [6, 6.07) is 7.82. The first-order valence-electron chi connectivity index (χ1n) is 5.44. The van der Waals surface area contributed by atoms with E-state index >= 15 is 0 Å². The Hall–Kier alpha value is -2.28. The molecule has 3 N–H and O–H groups in total. The lowest BCUT2D eigenvalue weighted by Crippen LogP contribution is -2.14. The number of hydrogen-bond donors (Lipinski definition) is 3. The molecule has 0 spiro atoms. The minimum Gasteiger partial charge on any atom is -0.481 e. The Morgan fingerprint density at radius 1 is 1.26 bits per heavy atom. The number of carboxylic acid groups (broad SMARTS) is 1. The fourth-order valence-corrected chi connectivity index (χ4v) is 2.69. The van der Waals surface area contributed by atoms with Crippen molar-refractivity contribution >= 4 is 21.7 Å². The van der Waals surface area contributed by atoms with Crippen LogP contribution in [0.1, 0.15) is 5.56 Å². The highest BCUT2D eigenvalue weighted by molar-refractivity contribution is 7.92. The lowest BCUT2D eigenvalue weighted by Gasteiger charge is -2.10. The number of anilines is 1. The maximum Gasteiger partial charge on any atom is 0.307 e. The molecule has 100 valence electrons. The molecule has 1 heterocycles. The van der Waals surface area contributed by atoms with Gasteiger partial charge >= 0.3 is 5.97 Å². The fourth-order valence-electron chi connectivity index (χ4n) is 1.62. The summed E-state index contributed by atoms with van der Waals surface area (Å²) < 4.78 is 26.4. The fraction of sp³-hybridized carbons (Fsp3) is 0.0833. The van der Waals surface area contributed by atoms with Gasteiger partial charge in [0.1, 0.15) is 4.90 Å². The van der Waals surface area contributed by atoms with Crippen LogP contribution >= 0.6 is 0 Å². The van der Waals surface area contributed by atoms with Gasteiger partial charge in [-0.1, -0.05) is 18.2 Å². The van der Waals surface area contributed by atoms with Crippen molar-refractivity contribution in [2.45, 2.75) is 11.3 Å². The largest absolute Gasteiger partial charge is 0.481 e. The van der Waals surface area contributed by atoms with Crippen molar-refractivity contribution in [2.75, 3.05) is 4.72 Å². The maximum absolute atomic E-state index is 12.0. The van der Waals surface area contributed by atoms with E-state index in [-0.39, 0.29) is 17.0 Å². The monoisotopic (exact) mass is 280 g/mol. The van der Waals surface area contributed by atoms with Crippen LogP contribution in [0.4, 0.5) is 5.69 Å². The smallest absolute Gasteiger partial charge is 0.307 e. The van der Waals surface area contributed by atoms with E-state index in [2.05, 4.69) is 9.71 Å². The van der Waals surface area contributed by atoms with Crippen molar-refractivity contribution in [3.8, 4) is 0 Å². The zero-order chi connectivity index (χ0) is 13.9. The van der Waals surface area contributed by atoms with Crippen LogP contribution in [0.15, 0.2) is 47.6 Å². The summed E-state index contributed by atoms with van der Waals surface area (Å²) in [5, 5.41) is 8.79. The second kappa shape index (κ2) is 5.15. The van der Waals surface area contributed by atoms with E-state index in [0.29, 0.717) is 5.56 Å².